The van der Waals surface area contributed by atoms with Gasteiger partial charge < -0.3 is 9.84 Å². The predicted octanol–water partition coefficient (Wildman–Crippen LogP) is 3.68. The van der Waals surface area contributed by atoms with Gasteiger partial charge in [-0.1, -0.05) is 19.9 Å². The number of phenolic OH excluding ortho intramolecular Hbond substituents is 1. The van der Waals surface area contributed by atoms with Gasteiger partial charge in [-0.2, -0.15) is 9.07 Å². The predicted molar refractivity (Wildman–Crippen MR) is 104 cm³/mol. The number of methoxy groups -OCH3 is 1. The summed E-state index contributed by atoms with van der Waals surface area (Å²) in [4.78, 5) is 0.0292. The van der Waals surface area contributed by atoms with Gasteiger partial charge in [0.2, 0.25) is 4.77 Å². The minimum absolute atomic E-state index is 0.0239. The fourth-order valence-corrected chi connectivity index (χ4v) is 4.37. The first kappa shape index (κ1) is 19.1. The van der Waals surface area contributed by atoms with Crippen LogP contribution in [0, 0.1) is 4.77 Å². The van der Waals surface area contributed by atoms with Crippen LogP contribution in [0.1, 0.15) is 25.3 Å². The lowest BCUT2D eigenvalue weighted by atomic mass is 10.00. The molecule has 0 unspecified atom stereocenters. The molecular weight excluding hydrogens is 386 g/mol. The number of H-pyrrole nitrogens is 1. The summed E-state index contributed by atoms with van der Waals surface area (Å²) in [5.41, 5.74) is 1.22. The number of hydrogen-bond donors (Lipinski definition) is 2. The second-order valence-corrected chi connectivity index (χ2v) is 8.40. The molecule has 0 radical (unpaired) electrons. The van der Waals surface area contributed by atoms with Gasteiger partial charge in [0, 0.05) is 0 Å². The van der Waals surface area contributed by atoms with Gasteiger partial charge in [-0.3, -0.25) is 5.10 Å². The minimum atomic E-state index is -4.03. The van der Waals surface area contributed by atoms with Gasteiger partial charge in [0.15, 0.2) is 5.82 Å². The maximum atomic E-state index is 13.2. The minimum Gasteiger partial charge on any atom is -0.507 e. The molecular formula is C18H19N3O4S2. The van der Waals surface area contributed by atoms with Crippen LogP contribution in [0.25, 0.3) is 11.4 Å². The highest BCUT2D eigenvalue weighted by Gasteiger charge is 2.25. The third kappa shape index (κ3) is 3.47. The average Bonchev–Trinajstić information content (AvgIpc) is 3.04. The summed E-state index contributed by atoms with van der Waals surface area (Å²) >= 11 is 5.16. The van der Waals surface area contributed by atoms with Crippen LogP contribution < -0.4 is 4.74 Å². The molecule has 142 valence electrons. The molecule has 0 aliphatic heterocycles. The number of ether oxygens (including phenoxy) is 1. The molecule has 0 amide bonds. The number of benzene rings is 2. The number of aromatic nitrogens is 3. The van der Waals surface area contributed by atoms with Crippen molar-refractivity contribution >= 4 is 22.2 Å². The van der Waals surface area contributed by atoms with E-state index in [1.54, 1.807) is 24.3 Å². The highest BCUT2D eigenvalue weighted by Crippen LogP contribution is 2.33. The van der Waals surface area contributed by atoms with Crippen molar-refractivity contribution in [1.29, 1.82) is 0 Å². The van der Waals surface area contributed by atoms with Crippen LogP contribution in [-0.2, 0) is 10.0 Å². The average molecular weight is 406 g/mol. The van der Waals surface area contributed by atoms with Gasteiger partial charge >= 0.3 is 0 Å². The van der Waals surface area contributed by atoms with Gasteiger partial charge in [0.05, 0.1) is 17.6 Å². The number of phenols is 1. The monoisotopic (exact) mass is 405 g/mol. The largest absolute Gasteiger partial charge is 0.507 e. The summed E-state index contributed by atoms with van der Waals surface area (Å²) < 4.78 is 32.2. The molecule has 27 heavy (non-hydrogen) atoms. The van der Waals surface area contributed by atoms with Crippen LogP contribution in [0.5, 0.6) is 11.5 Å². The molecule has 1 heterocycles. The van der Waals surface area contributed by atoms with Crippen molar-refractivity contribution in [3.63, 3.8) is 0 Å². The van der Waals surface area contributed by atoms with Gasteiger partial charge in [-0.05, 0) is 60.1 Å². The van der Waals surface area contributed by atoms with Crippen LogP contribution in [0.15, 0.2) is 47.4 Å². The van der Waals surface area contributed by atoms with Crippen molar-refractivity contribution in [2.45, 2.75) is 24.7 Å². The number of nitrogens with zero attached hydrogens (tertiary/aromatic N) is 2. The van der Waals surface area contributed by atoms with Crippen LogP contribution in [-0.4, -0.2) is 34.8 Å². The van der Waals surface area contributed by atoms with Crippen LogP contribution >= 0.6 is 12.2 Å². The molecule has 7 nitrogen and oxygen atoms in total. The Labute approximate surface area is 162 Å². The van der Waals surface area contributed by atoms with E-state index in [-0.39, 0.29) is 32.7 Å². The molecule has 0 fully saturated rings. The highest BCUT2D eigenvalue weighted by molar-refractivity contribution is 7.90. The molecule has 0 aliphatic carbocycles. The quantitative estimate of drug-likeness (QED) is 0.629. The zero-order chi connectivity index (χ0) is 19.8. The Morgan fingerprint density at radius 1 is 1.19 bits per heavy atom. The first-order valence-electron chi connectivity index (χ1n) is 8.16. The molecule has 0 aliphatic rings. The summed E-state index contributed by atoms with van der Waals surface area (Å²) in [5, 5.41) is 16.9. The maximum Gasteiger partial charge on any atom is 0.271 e. The molecule has 0 bridgehead atoms. The van der Waals surface area contributed by atoms with E-state index in [1.807, 2.05) is 13.8 Å². The van der Waals surface area contributed by atoms with Gasteiger partial charge in [-0.25, -0.2) is 8.42 Å². The Balaban J connectivity index is 2.21. The van der Waals surface area contributed by atoms with E-state index < -0.39 is 10.0 Å². The van der Waals surface area contributed by atoms with Crippen LogP contribution in [0.3, 0.4) is 0 Å². The van der Waals surface area contributed by atoms with Crippen LogP contribution in [0.4, 0.5) is 0 Å². The van der Waals surface area contributed by atoms with Gasteiger partial charge in [0.25, 0.3) is 10.0 Å². The van der Waals surface area contributed by atoms with Crippen molar-refractivity contribution in [2.24, 2.45) is 0 Å². The topological polar surface area (TPSA) is 97.2 Å². The Hall–Kier alpha value is -2.65. The standard InChI is InChI=1S/C18H19N3O4S2/c1-11(2)12-4-9-16(22)15(10-12)17-19-20-18(26)21(17)27(23,24)14-7-5-13(25-3)6-8-14/h4-11,22H,1-3H3,(H,20,26). The molecule has 1 aromatic heterocycles. The van der Waals surface area contributed by atoms with Crippen molar-refractivity contribution in [3.8, 4) is 22.9 Å². The molecule has 9 heteroatoms. The Kier molecular flexibility index (Phi) is 5.07. The first-order chi connectivity index (χ1) is 12.8. The lowest BCUT2D eigenvalue weighted by molar-refractivity contribution is 0.414. The zero-order valence-corrected chi connectivity index (χ0v) is 16.6. The van der Waals surface area contributed by atoms with Crippen molar-refractivity contribution in [1.82, 2.24) is 14.2 Å². The smallest absolute Gasteiger partial charge is 0.271 e. The van der Waals surface area contributed by atoms with E-state index in [0.717, 1.165) is 9.54 Å². The number of nitrogens with one attached hydrogen (secondary N) is 1. The molecule has 3 rings (SSSR count). The SMILES string of the molecule is COc1ccc(S(=O)(=O)n2c(-c3cc(C(C)C)ccc3O)n[nH]c2=S)cc1. The highest BCUT2D eigenvalue weighted by atomic mass is 32.2. The number of hydrogen-bond acceptors (Lipinski definition) is 6. The van der Waals surface area contributed by atoms with E-state index in [2.05, 4.69) is 10.2 Å². The Bertz CT molecular complexity index is 1130. The summed E-state index contributed by atoms with van der Waals surface area (Å²) in [6.45, 7) is 4.00. The third-order valence-electron chi connectivity index (χ3n) is 4.16. The molecule has 0 atom stereocenters. The van der Waals surface area contributed by atoms with Crippen molar-refractivity contribution in [3.05, 3.63) is 52.8 Å². The zero-order valence-electron chi connectivity index (χ0n) is 15.0. The Morgan fingerprint density at radius 3 is 2.44 bits per heavy atom. The van der Waals surface area contributed by atoms with E-state index in [1.165, 1.54) is 25.3 Å². The molecule has 2 aromatic carbocycles. The molecule has 0 spiro atoms. The fourth-order valence-electron chi connectivity index (χ4n) is 2.63. The van der Waals surface area contributed by atoms with Gasteiger partial charge in [0.1, 0.15) is 11.5 Å². The summed E-state index contributed by atoms with van der Waals surface area (Å²) in [5.74, 6) is 0.667. The molecule has 3 aromatic rings. The molecule has 0 saturated heterocycles. The fraction of sp³-hybridized carbons (Fsp3) is 0.222. The van der Waals surface area contributed by atoms with E-state index >= 15 is 0 Å². The summed E-state index contributed by atoms with van der Waals surface area (Å²) in [6.07, 6.45) is 0. The third-order valence-corrected chi connectivity index (χ3v) is 6.25. The number of aromatic hydroxyl groups is 1. The summed E-state index contributed by atoms with van der Waals surface area (Å²) in [6, 6.07) is 11.0. The second kappa shape index (κ2) is 7.16. The summed E-state index contributed by atoms with van der Waals surface area (Å²) in [7, 11) is -2.53. The first-order valence-corrected chi connectivity index (χ1v) is 10.0. The van der Waals surface area contributed by atoms with E-state index in [9.17, 15) is 13.5 Å². The van der Waals surface area contributed by atoms with Crippen molar-refractivity contribution < 1.29 is 18.3 Å². The van der Waals surface area contributed by atoms with Gasteiger partial charge in [-0.15, -0.1) is 0 Å². The molecule has 2 N–H and O–H groups in total. The second-order valence-electron chi connectivity index (χ2n) is 6.23. The lowest BCUT2D eigenvalue weighted by Crippen LogP contribution is -2.15. The Morgan fingerprint density at radius 2 is 1.85 bits per heavy atom. The maximum absolute atomic E-state index is 13.2. The number of aromatic amines is 1. The lowest BCUT2D eigenvalue weighted by Gasteiger charge is -2.12. The normalized spacial score (nSPS) is 11.7. The van der Waals surface area contributed by atoms with E-state index in [4.69, 9.17) is 17.0 Å². The van der Waals surface area contributed by atoms with E-state index in [0.29, 0.717) is 5.75 Å². The molecule has 0 saturated carbocycles. The number of rotatable bonds is 5. The van der Waals surface area contributed by atoms with Crippen LogP contribution in [0.2, 0.25) is 0 Å². The van der Waals surface area contributed by atoms with Crippen molar-refractivity contribution in [2.75, 3.05) is 7.11 Å².